The average Bonchev–Trinajstić information content (AvgIpc) is 2.64. The Morgan fingerprint density at radius 3 is 2.38 bits per heavy atom. The van der Waals surface area contributed by atoms with Gasteiger partial charge in [-0.15, -0.1) is 0 Å². The van der Waals surface area contributed by atoms with Crippen LogP contribution >= 0.6 is 0 Å². The molecular formula is C26H36N2O. The summed E-state index contributed by atoms with van der Waals surface area (Å²) < 4.78 is 6.21. The highest BCUT2D eigenvalue weighted by Gasteiger charge is 2.31. The van der Waals surface area contributed by atoms with E-state index in [9.17, 15) is 0 Å². The molecule has 1 atom stereocenters. The van der Waals surface area contributed by atoms with E-state index < -0.39 is 0 Å². The maximum atomic E-state index is 6.21. The van der Waals surface area contributed by atoms with Gasteiger partial charge in [0.05, 0.1) is 0 Å². The van der Waals surface area contributed by atoms with E-state index in [1.807, 2.05) is 0 Å². The van der Waals surface area contributed by atoms with Crippen molar-refractivity contribution in [2.75, 3.05) is 19.0 Å². The lowest BCUT2D eigenvalue weighted by Crippen LogP contribution is -2.34. The summed E-state index contributed by atoms with van der Waals surface area (Å²) in [6, 6.07) is 15.7. The fourth-order valence-corrected chi connectivity index (χ4v) is 4.24. The van der Waals surface area contributed by atoms with Gasteiger partial charge < -0.3 is 14.5 Å². The molecule has 0 saturated carbocycles. The topological polar surface area (TPSA) is 15.7 Å². The van der Waals surface area contributed by atoms with Gasteiger partial charge in [0.15, 0.2) is 0 Å². The Labute approximate surface area is 177 Å². The molecule has 0 saturated heterocycles. The highest BCUT2D eigenvalue weighted by Crippen LogP contribution is 2.41. The average molecular weight is 393 g/mol. The van der Waals surface area contributed by atoms with Gasteiger partial charge in [0.2, 0.25) is 0 Å². The van der Waals surface area contributed by atoms with Crippen LogP contribution in [0.4, 0.5) is 5.69 Å². The molecule has 2 aromatic rings. The number of benzene rings is 2. The van der Waals surface area contributed by atoms with Crippen LogP contribution in [0.2, 0.25) is 0 Å². The van der Waals surface area contributed by atoms with E-state index in [0.29, 0.717) is 12.0 Å². The van der Waals surface area contributed by atoms with Crippen molar-refractivity contribution in [2.24, 2.45) is 0 Å². The van der Waals surface area contributed by atoms with Gasteiger partial charge in [0.25, 0.3) is 0 Å². The van der Waals surface area contributed by atoms with Gasteiger partial charge in [0.1, 0.15) is 11.4 Å². The highest BCUT2D eigenvalue weighted by atomic mass is 16.5. The maximum absolute atomic E-state index is 6.21. The largest absolute Gasteiger partial charge is 0.488 e. The van der Waals surface area contributed by atoms with E-state index >= 15 is 0 Å². The van der Waals surface area contributed by atoms with Crippen LogP contribution in [0.5, 0.6) is 5.75 Å². The van der Waals surface area contributed by atoms with Crippen molar-refractivity contribution < 1.29 is 4.74 Å². The molecule has 3 heteroatoms. The zero-order chi connectivity index (χ0) is 21.3. The van der Waals surface area contributed by atoms with Crippen molar-refractivity contribution in [2.45, 2.75) is 65.1 Å². The molecule has 1 aliphatic heterocycles. The fourth-order valence-electron chi connectivity index (χ4n) is 4.24. The molecule has 0 bridgehead atoms. The molecule has 3 nitrogen and oxygen atoms in total. The van der Waals surface area contributed by atoms with Crippen LogP contribution in [0.15, 0.2) is 49.0 Å². The van der Waals surface area contributed by atoms with Crippen LogP contribution in [0.25, 0.3) is 5.70 Å². The van der Waals surface area contributed by atoms with Crippen LogP contribution in [0.1, 0.15) is 63.6 Å². The van der Waals surface area contributed by atoms with Gasteiger partial charge in [-0.3, -0.25) is 0 Å². The first-order valence-electron chi connectivity index (χ1n) is 10.6. The molecule has 0 radical (unpaired) electrons. The summed E-state index contributed by atoms with van der Waals surface area (Å²) >= 11 is 0. The van der Waals surface area contributed by atoms with E-state index in [1.54, 1.807) is 0 Å². The van der Waals surface area contributed by atoms with Crippen LogP contribution in [-0.2, 0) is 6.54 Å². The normalized spacial score (nSPS) is 17.4. The van der Waals surface area contributed by atoms with Gasteiger partial charge in [-0.25, -0.2) is 0 Å². The van der Waals surface area contributed by atoms with E-state index in [0.717, 1.165) is 24.4 Å². The fraction of sp³-hybridized carbons (Fsp3) is 0.462. The van der Waals surface area contributed by atoms with E-state index in [4.69, 9.17) is 4.74 Å². The Hall–Kier alpha value is -2.42. The highest BCUT2D eigenvalue weighted by molar-refractivity contribution is 5.65. The third-order valence-corrected chi connectivity index (χ3v) is 5.83. The quantitative estimate of drug-likeness (QED) is 0.574. The summed E-state index contributed by atoms with van der Waals surface area (Å²) in [6.45, 7) is 16.4. The number of hydrogen-bond acceptors (Lipinski definition) is 3. The van der Waals surface area contributed by atoms with Gasteiger partial charge in [0, 0.05) is 38.1 Å². The maximum Gasteiger partial charge on any atom is 0.123 e. The van der Waals surface area contributed by atoms with Gasteiger partial charge in [-0.2, -0.15) is 0 Å². The van der Waals surface area contributed by atoms with Crippen molar-refractivity contribution in [1.29, 1.82) is 0 Å². The second-order valence-electron chi connectivity index (χ2n) is 9.45. The predicted octanol–water partition coefficient (Wildman–Crippen LogP) is 6.30. The van der Waals surface area contributed by atoms with E-state index in [2.05, 4.69) is 108 Å². The van der Waals surface area contributed by atoms with Gasteiger partial charge in [-0.05, 0) is 87.1 Å². The summed E-state index contributed by atoms with van der Waals surface area (Å²) in [5, 5.41) is 0. The molecule has 1 heterocycles. The zero-order valence-corrected chi connectivity index (χ0v) is 19.1. The van der Waals surface area contributed by atoms with Crippen LogP contribution in [0.3, 0.4) is 0 Å². The molecule has 0 aliphatic carbocycles. The molecule has 0 fully saturated rings. The number of ether oxygens (including phenoxy) is 1. The minimum absolute atomic E-state index is 0.104. The molecule has 0 aromatic heterocycles. The third kappa shape index (κ3) is 4.77. The first-order chi connectivity index (χ1) is 13.6. The Morgan fingerprint density at radius 2 is 1.79 bits per heavy atom. The van der Waals surface area contributed by atoms with Crippen LogP contribution in [-0.4, -0.2) is 30.6 Å². The van der Waals surface area contributed by atoms with Crippen molar-refractivity contribution in [3.63, 3.8) is 0 Å². The third-order valence-electron chi connectivity index (χ3n) is 5.83. The predicted molar refractivity (Wildman–Crippen MR) is 125 cm³/mol. The lowest BCUT2D eigenvalue weighted by molar-refractivity contribution is 0.0746. The van der Waals surface area contributed by atoms with Gasteiger partial charge >= 0.3 is 0 Å². The molecule has 2 aromatic carbocycles. The Kier molecular flexibility index (Phi) is 5.97. The van der Waals surface area contributed by atoms with E-state index in [-0.39, 0.29) is 5.60 Å². The molecule has 0 spiro atoms. The lowest BCUT2D eigenvalue weighted by atomic mass is 9.85. The summed E-state index contributed by atoms with van der Waals surface area (Å²) in [7, 11) is 4.14. The molecule has 0 unspecified atom stereocenters. The monoisotopic (exact) mass is 392 g/mol. The first kappa shape index (κ1) is 21.3. The second kappa shape index (κ2) is 8.14. The number of anilines is 1. The standard InChI is InChI=1S/C26H36N2O/c1-18(2)28(17-21-9-12-23(13-10-21)27(7)8)20(4)22-11-14-25-24(15-22)19(3)16-26(5,6)29-25/h9-15,18-19H,4,16-17H2,1-3,5-8H3/t19-/m0/s1. The number of hydrogen-bond donors (Lipinski definition) is 0. The number of nitrogens with zero attached hydrogens (tertiary/aromatic N) is 2. The molecule has 0 N–H and O–H groups in total. The van der Waals surface area contributed by atoms with Crippen molar-refractivity contribution in [3.8, 4) is 5.75 Å². The smallest absolute Gasteiger partial charge is 0.123 e. The Morgan fingerprint density at radius 1 is 1.14 bits per heavy atom. The van der Waals surface area contributed by atoms with Crippen LogP contribution < -0.4 is 9.64 Å². The minimum Gasteiger partial charge on any atom is -0.488 e. The van der Waals surface area contributed by atoms with Crippen molar-refractivity contribution in [3.05, 3.63) is 65.7 Å². The molecule has 1 aliphatic rings. The Bertz CT molecular complexity index is 865. The van der Waals surface area contributed by atoms with Gasteiger partial charge in [-0.1, -0.05) is 25.6 Å². The molecular weight excluding hydrogens is 356 g/mol. The molecule has 3 rings (SSSR count). The first-order valence-corrected chi connectivity index (χ1v) is 10.6. The summed E-state index contributed by atoms with van der Waals surface area (Å²) in [6.07, 6.45) is 1.03. The number of rotatable bonds is 6. The summed E-state index contributed by atoms with van der Waals surface area (Å²) in [5.41, 5.74) is 5.95. The molecule has 156 valence electrons. The minimum atomic E-state index is -0.104. The molecule has 29 heavy (non-hydrogen) atoms. The number of fused-ring (bicyclic) bond motifs is 1. The van der Waals surface area contributed by atoms with Crippen molar-refractivity contribution >= 4 is 11.4 Å². The lowest BCUT2D eigenvalue weighted by Gasteiger charge is -2.37. The summed E-state index contributed by atoms with van der Waals surface area (Å²) in [5.74, 6) is 1.49. The summed E-state index contributed by atoms with van der Waals surface area (Å²) in [4.78, 5) is 4.51. The zero-order valence-electron chi connectivity index (χ0n) is 19.1. The van der Waals surface area contributed by atoms with Crippen LogP contribution in [0, 0.1) is 0 Å². The second-order valence-corrected chi connectivity index (χ2v) is 9.45. The van der Waals surface area contributed by atoms with Crippen molar-refractivity contribution in [1.82, 2.24) is 4.90 Å². The van der Waals surface area contributed by atoms with E-state index in [1.165, 1.54) is 22.4 Å². The SMILES string of the molecule is C=C(c1ccc2c(c1)[C@@H](C)CC(C)(C)O2)N(Cc1ccc(N(C)C)cc1)C(C)C. The Balaban J connectivity index is 1.83. The molecule has 0 amide bonds.